The van der Waals surface area contributed by atoms with Gasteiger partial charge >= 0.3 is 11.9 Å². The van der Waals surface area contributed by atoms with Crippen LogP contribution in [-0.2, 0) is 31.5 Å². The van der Waals surface area contributed by atoms with Crippen molar-refractivity contribution in [2.24, 2.45) is 0 Å². The molecule has 0 spiro atoms. The van der Waals surface area contributed by atoms with Gasteiger partial charge in [0, 0.05) is 39.9 Å². The maximum absolute atomic E-state index is 11.5. The molecule has 0 aliphatic heterocycles. The highest BCUT2D eigenvalue weighted by Crippen LogP contribution is 2.35. The van der Waals surface area contributed by atoms with Gasteiger partial charge in [-0.15, -0.1) is 11.6 Å². The minimum atomic E-state index is -0.362. The molecule has 0 radical (unpaired) electrons. The van der Waals surface area contributed by atoms with E-state index in [4.69, 9.17) is 30.5 Å². The first-order valence-corrected chi connectivity index (χ1v) is 23.7. The van der Waals surface area contributed by atoms with Crippen LogP contribution >= 0.6 is 11.6 Å². The third-order valence-corrected chi connectivity index (χ3v) is 10.8. The first-order valence-electron chi connectivity index (χ1n) is 23.2. The van der Waals surface area contributed by atoms with Crippen LogP contribution in [0.5, 0.6) is 11.5 Å². The zero-order chi connectivity index (χ0) is 48.7. The highest BCUT2D eigenvalue weighted by Gasteiger charge is 2.17. The van der Waals surface area contributed by atoms with Gasteiger partial charge in [0.15, 0.2) is 13.2 Å². The summed E-state index contributed by atoms with van der Waals surface area (Å²) < 4.78 is 22.7. The Morgan fingerprint density at radius 2 is 1.03 bits per heavy atom. The van der Waals surface area contributed by atoms with Gasteiger partial charge in [0.2, 0.25) is 0 Å². The third-order valence-electron chi connectivity index (χ3n) is 10.5. The molecule has 0 fully saturated rings. The van der Waals surface area contributed by atoms with Gasteiger partial charge in [-0.25, -0.2) is 9.59 Å². The minimum Gasteiger partial charge on any atom is -0.482 e. The topological polar surface area (TPSA) is 91.8 Å². The molecule has 0 bridgehead atoms. The minimum absolute atomic E-state index is 0. The number of nitrogens with zero attached hydrogens (tertiary/aromatic N) is 1. The number of carbonyl (C=O) groups excluding carboxylic acids is 2. The normalized spacial score (nSPS) is 10.0. The molecule has 6 aromatic carbocycles. The molecule has 0 saturated carbocycles. The number of carbonyl (C=O) groups is 2. The maximum atomic E-state index is 11.5. The van der Waals surface area contributed by atoms with Gasteiger partial charge in [0.25, 0.3) is 0 Å². The summed E-state index contributed by atoms with van der Waals surface area (Å²) >= 11 is 5.63. The average molecular weight is 940 g/mol. The molecule has 0 saturated heterocycles. The van der Waals surface area contributed by atoms with E-state index in [0.717, 1.165) is 17.7 Å². The Balaban J connectivity index is 0.000000281. The lowest BCUT2D eigenvalue weighted by molar-refractivity contribution is -0.146. The van der Waals surface area contributed by atoms with Crippen molar-refractivity contribution in [2.75, 3.05) is 26.4 Å². The van der Waals surface area contributed by atoms with Gasteiger partial charge in [-0.2, -0.15) is 0 Å². The average Bonchev–Trinajstić information content (AvgIpc) is 3.84. The largest absolute Gasteiger partial charge is 0.482 e. The summed E-state index contributed by atoms with van der Waals surface area (Å²) in [6.07, 6.45) is 0. The number of alkyl halides is 1. The van der Waals surface area contributed by atoms with Crippen LogP contribution in [0, 0.1) is 27.7 Å². The van der Waals surface area contributed by atoms with Crippen molar-refractivity contribution >= 4 is 45.3 Å². The Morgan fingerprint density at radius 1 is 0.559 bits per heavy atom. The number of hydrogen-bond donors (Lipinski definition) is 1. The van der Waals surface area contributed by atoms with E-state index in [-0.39, 0.29) is 32.6 Å². The number of aryl methyl sites for hydroxylation is 4. The summed E-state index contributed by atoms with van der Waals surface area (Å²) in [5, 5.41) is 2.61. The lowest BCUT2D eigenvalue weighted by Gasteiger charge is -2.13. The molecule has 1 N–H and O–H groups in total. The van der Waals surface area contributed by atoms with E-state index in [1.165, 1.54) is 66.6 Å². The Kier molecular flexibility index (Phi) is 23.8. The van der Waals surface area contributed by atoms with Crippen molar-refractivity contribution in [1.82, 2.24) is 9.55 Å². The number of benzene rings is 6. The van der Waals surface area contributed by atoms with E-state index in [1.54, 1.807) is 26.0 Å². The first-order chi connectivity index (χ1) is 32.6. The second kappa shape index (κ2) is 29.1. The smallest absolute Gasteiger partial charge is 0.344 e. The predicted molar refractivity (Wildman–Crippen MR) is 285 cm³/mol. The monoisotopic (exact) mass is 939 g/mol. The summed E-state index contributed by atoms with van der Waals surface area (Å²) in [4.78, 5) is 26.0. The van der Waals surface area contributed by atoms with Crippen molar-refractivity contribution in [3.05, 3.63) is 179 Å². The molecule has 0 atom stereocenters. The SMILES string of the molecule is C.CC.CC.CCOC(=O)COc1ccc(CCl)cc1.CCOC(=O)COc1ccc(Cn2c(-c3ccccc3)c(C)c3cc(C)ccc32)cc1.Cc1ccc2[nH]c(-c3ccccc3)c(C)c2c1. The van der Waals surface area contributed by atoms with Crippen LogP contribution in [0.2, 0.25) is 0 Å². The summed E-state index contributed by atoms with van der Waals surface area (Å²) in [5.41, 5.74) is 14.7. The van der Waals surface area contributed by atoms with Gasteiger partial charge in [0.05, 0.1) is 18.9 Å². The number of rotatable bonds is 13. The molecule has 0 aliphatic carbocycles. The van der Waals surface area contributed by atoms with Crippen molar-refractivity contribution in [1.29, 1.82) is 0 Å². The van der Waals surface area contributed by atoms with E-state index in [2.05, 4.69) is 122 Å². The summed E-state index contributed by atoms with van der Waals surface area (Å²) in [6, 6.07) is 49.4. The van der Waals surface area contributed by atoms with E-state index in [1.807, 2.05) is 76.2 Å². The second-order valence-electron chi connectivity index (χ2n) is 15.1. The highest BCUT2D eigenvalue weighted by atomic mass is 35.5. The van der Waals surface area contributed by atoms with Gasteiger partial charge in [-0.1, -0.05) is 143 Å². The van der Waals surface area contributed by atoms with Crippen LogP contribution < -0.4 is 9.47 Å². The molecular formula is C59H71ClN2O6. The molecule has 360 valence electrons. The molecular weight excluding hydrogens is 868 g/mol. The van der Waals surface area contributed by atoms with Crippen LogP contribution in [0.25, 0.3) is 44.3 Å². The highest BCUT2D eigenvalue weighted by molar-refractivity contribution is 6.17. The number of fused-ring (bicyclic) bond motifs is 2. The van der Waals surface area contributed by atoms with E-state index < -0.39 is 0 Å². The number of hydrogen-bond acceptors (Lipinski definition) is 6. The number of aromatic amines is 1. The lowest BCUT2D eigenvalue weighted by atomic mass is 10.1. The van der Waals surface area contributed by atoms with Crippen LogP contribution in [0.15, 0.2) is 146 Å². The van der Waals surface area contributed by atoms with Crippen LogP contribution in [0.3, 0.4) is 0 Å². The molecule has 68 heavy (non-hydrogen) atoms. The van der Waals surface area contributed by atoms with Crippen molar-refractivity contribution in [2.45, 2.75) is 89.1 Å². The van der Waals surface area contributed by atoms with Crippen molar-refractivity contribution in [3.63, 3.8) is 0 Å². The number of aromatic nitrogens is 2. The second-order valence-corrected chi connectivity index (χ2v) is 15.4. The zero-order valence-corrected chi connectivity index (χ0v) is 41.6. The number of nitrogens with one attached hydrogen (secondary N) is 1. The molecule has 0 aliphatic rings. The van der Waals surface area contributed by atoms with Crippen LogP contribution in [0.4, 0.5) is 0 Å². The maximum Gasteiger partial charge on any atom is 0.344 e. The molecule has 0 amide bonds. The molecule has 8 rings (SSSR count). The van der Waals surface area contributed by atoms with Crippen LogP contribution in [-0.4, -0.2) is 47.9 Å². The van der Waals surface area contributed by atoms with E-state index in [0.29, 0.717) is 30.6 Å². The summed E-state index contributed by atoms with van der Waals surface area (Å²) in [5.74, 6) is 1.04. The Hall–Kier alpha value is -6.77. The molecule has 8 aromatic rings. The third kappa shape index (κ3) is 15.7. The Morgan fingerprint density at radius 3 is 1.53 bits per heavy atom. The standard InChI is InChI=1S/C27H27NO3.C16H15N.C11H13ClO3.2C2H6.CH4/c1-4-30-26(29)18-31-23-13-11-21(12-14-23)17-28-25-15-10-19(2)16-24(25)20(3)27(28)22-8-6-5-7-9-22;1-11-8-9-15-14(10-11)12(2)16(17-15)13-6-4-3-5-7-13;1-2-14-11(13)8-15-10-5-3-9(7-12)4-6-10;2*1-2;/h5-16H,4,17-18H2,1-3H3;3-10,17H,1-2H3;3-6H,2,7-8H2,1H3;2*1-2H3;1H4. The lowest BCUT2D eigenvalue weighted by Crippen LogP contribution is -2.14. The van der Waals surface area contributed by atoms with Crippen molar-refractivity contribution in [3.8, 4) is 34.0 Å². The number of halogens is 1. The zero-order valence-electron chi connectivity index (χ0n) is 40.9. The fourth-order valence-corrected chi connectivity index (χ4v) is 7.52. The fourth-order valence-electron chi connectivity index (χ4n) is 7.34. The van der Waals surface area contributed by atoms with Crippen molar-refractivity contribution < 1.29 is 28.5 Å². The Bertz CT molecular complexity index is 2720. The Labute approximate surface area is 410 Å². The van der Waals surface area contributed by atoms with E-state index >= 15 is 0 Å². The summed E-state index contributed by atoms with van der Waals surface area (Å²) in [6.45, 7) is 21.5. The molecule has 2 heterocycles. The van der Waals surface area contributed by atoms with Gasteiger partial charge in [-0.3, -0.25) is 0 Å². The van der Waals surface area contributed by atoms with Gasteiger partial charge in [0.1, 0.15) is 11.5 Å². The van der Waals surface area contributed by atoms with Crippen LogP contribution in [0.1, 0.15) is 82.3 Å². The molecule has 2 aromatic heterocycles. The fraction of sp³-hybridized carbons (Fsp3) is 0.288. The summed E-state index contributed by atoms with van der Waals surface area (Å²) in [7, 11) is 0. The number of H-pyrrole nitrogens is 1. The molecule has 9 heteroatoms. The number of esters is 2. The number of ether oxygens (including phenoxy) is 4. The molecule has 0 unspecified atom stereocenters. The van der Waals surface area contributed by atoms with Gasteiger partial charge < -0.3 is 28.5 Å². The predicted octanol–water partition coefficient (Wildman–Crippen LogP) is 15.4. The van der Waals surface area contributed by atoms with E-state index in [9.17, 15) is 9.59 Å². The van der Waals surface area contributed by atoms with Gasteiger partial charge in [-0.05, 0) is 123 Å². The quantitative estimate of drug-likeness (QED) is 0.0914. The molecule has 8 nitrogen and oxygen atoms in total. The first kappa shape index (κ1) is 55.6.